The second-order valence-corrected chi connectivity index (χ2v) is 10.2. The van der Waals surface area contributed by atoms with Gasteiger partial charge in [-0.05, 0) is 77.0 Å². The minimum absolute atomic E-state index is 0. The van der Waals surface area contributed by atoms with E-state index in [4.69, 9.17) is 11.5 Å². The van der Waals surface area contributed by atoms with Gasteiger partial charge in [0.25, 0.3) is 0 Å². The summed E-state index contributed by atoms with van der Waals surface area (Å²) in [6.07, 6.45) is 9.70. The third kappa shape index (κ3) is 54.9. The van der Waals surface area contributed by atoms with Gasteiger partial charge in [-0.2, -0.15) is 0 Å². The molecule has 32 heavy (non-hydrogen) atoms. The Kier molecular flexibility index (Phi) is 54.0. The second kappa shape index (κ2) is 35.2. The molecule has 0 saturated carbocycles. The van der Waals surface area contributed by atoms with Crippen LogP contribution in [0.4, 0.5) is 0 Å². The maximum atomic E-state index is 10.1. The van der Waals surface area contributed by atoms with Gasteiger partial charge in [0.15, 0.2) is 0 Å². The fraction of sp³-hybridized carbons (Fsp3) is 1.00. The van der Waals surface area contributed by atoms with Gasteiger partial charge in [0, 0.05) is 0 Å². The summed E-state index contributed by atoms with van der Waals surface area (Å²) in [6.45, 7) is 4.02. The summed E-state index contributed by atoms with van der Waals surface area (Å²) in [4.78, 5) is 40.3. The first-order valence-electron chi connectivity index (χ1n) is 10.3. The summed E-state index contributed by atoms with van der Waals surface area (Å²) in [7, 11) is -8.94. The first-order valence-corrected chi connectivity index (χ1v) is 13.7. The van der Waals surface area contributed by atoms with E-state index < -0.39 is 27.5 Å². The van der Waals surface area contributed by atoms with Crippen molar-refractivity contribution in [1.82, 2.24) is 5.32 Å². The van der Waals surface area contributed by atoms with Crippen LogP contribution in [-0.2, 0) is 9.13 Å². The van der Waals surface area contributed by atoms with Crippen LogP contribution in [0.1, 0.15) is 70.6 Å². The Hall–Kier alpha value is 4.18. The van der Waals surface area contributed by atoms with Crippen LogP contribution < -0.4 is 155 Å². The first-order chi connectivity index (χ1) is 13.1. The van der Waals surface area contributed by atoms with Crippen LogP contribution in [-0.4, -0.2) is 38.5 Å². The molecule has 0 aliphatic rings. The molecule has 0 amide bonds. The number of hydrogen-bond acceptors (Lipinski definition) is 9. The fourth-order valence-electron chi connectivity index (χ4n) is 2.41. The van der Waals surface area contributed by atoms with Crippen LogP contribution in [0.5, 0.6) is 0 Å². The maximum Gasteiger partial charge on any atom is 1.00 e. The minimum atomic E-state index is -4.47. The summed E-state index contributed by atoms with van der Waals surface area (Å²) in [5.41, 5.74) is 10.8. The van der Waals surface area contributed by atoms with Crippen molar-refractivity contribution in [2.75, 3.05) is 38.5 Å². The molecule has 0 atom stereocenters. The molecule has 5 N–H and O–H groups in total. The molecule has 0 heterocycles. The zero-order valence-electron chi connectivity index (χ0n) is 21.0. The zero-order valence-corrected chi connectivity index (χ0v) is 30.8. The molecule has 172 valence electrons. The van der Waals surface area contributed by atoms with E-state index in [9.17, 15) is 28.7 Å². The number of nitrogens with two attached hydrogens (primary N) is 2. The first kappa shape index (κ1) is 49.2. The molecule has 0 aromatic rings. The fourth-order valence-corrected chi connectivity index (χ4v) is 3.63. The van der Waals surface area contributed by atoms with Crippen molar-refractivity contribution in [2.24, 2.45) is 11.5 Å². The van der Waals surface area contributed by atoms with E-state index in [1.807, 2.05) is 0 Å². The maximum absolute atomic E-state index is 10.1. The van der Waals surface area contributed by atoms with Crippen LogP contribution in [0, 0.1) is 0 Å². The standard InChI is InChI=1S/C12H29N3.C5H14O6P2.4Na/c13-9-5-1-3-7-11-15-12-8-4-2-6-10-14;6-12(7,8)4-2-1-3-5-13(9,10)11;;;;/h15H,1-14H2;1-5H2,(H2,6,7,8)(H2,9,10,11);;;;/q;;4*+1/p-4. The number of unbranched alkanes of at least 4 members (excludes halogenated alkanes) is 8. The number of hydrogen-bond donors (Lipinski definition) is 3. The molecule has 0 unspecified atom stereocenters. The van der Waals surface area contributed by atoms with E-state index in [1.165, 1.54) is 64.5 Å². The third-order valence-corrected chi connectivity index (χ3v) is 5.71. The normalized spacial score (nSPS) is 10.4. The Labute approximate surface area is 284 Å². The van der Waals surface area contributed by atoms with Gasteiger partial charge in [-0.25, -0.2) is 0 Å². The average Bonchev–Trinajstić information content (AvgIpc) is 2.58. The predicted molar refractivity (Wildman–Crippen MR) is 107 cm³/mol. The molecule has 0 aromatic carbocycles. The molecule has 0 fully saturated rings. The van der Waals surface area contributed by atoms with E-state index in [1.54, 1.807) is 0 Å². The van der Waals surface area contributed by atoms with Crippen LogP contribution >= 0.6 is 15.2 Å². The molecule has 0 saturated heterocycles. The van der Waals surface area contributed by atoms with Crippen LogP contribution in [0.2, 0.25) is 0 Å². The SMILES string of the molecule is NCCCCCCNCCCCCCN.O=P([O-])([O-])CCCCCP(=O)([O-])[O-].[Na+].[Na+].[Na+].[Na+]. The van der Waals surface area contributed by atoms with Gasteiger partial charge in [-0.3, -0.25) is 0 Å². The number of rotatable bonds is 18. The second-order valence-electron chi connectivity index (χ2n) is 6.89. The van der Waals surface area contributed by atoms with Gasteiger partial charge < -0.3 is 45.5 Å². The van der Waals surface area contributed by atoms with Gasteiger partial charge in [0.1, 0.15) is 0 Å². The van der Waals surface area contributed by atoms with Gasteiger partial charge in [0.2, 0.25) is 0 Å². The summed E-state index contributed by atoms with van der Waals surface area (Å²) in [5.74, 6) is 0. The Morgan fingerprint density at radius 2 is 0.781 bits per heavy atom. The van der Waals surface area contributed by atoms with E-state index in [0.717, 1.165) is 13.1 Å². The van der Waals surface area contributed by atoms with Crippen molar-refractivity contribution in [2.45, 2.75) is 70.6 Å². The Bertz CT molecular complexity index is 399. The van der Waals surface area contributed by atoms with Crippen molar-refractivity contribution in [3.8, 4) is 0 Å². The van der Waals surface area contributed by atoms with Gasteiger partial charge >= 0.3 is 118 Å². The third-order valence-electron chi connectivity index (χ3n) is 3.98. The minimum Gasteiger partial charge on any atom is -0.811 e. The molecule has 0 aromatic heterocycles. The van der Waals surface area contributed by atoms with Crippen molar-refractivity contribution in [1.29, 1.82) is 0 Å². The Balaban J connectivity index is -0.0000000946. The van der Waals surface area contributed by atoms with E-state index in [-0.39, 0.29) is 137 Å². The van der Waals surface area contributed by atoms with E-state index in [2.05, 4.69) is 5.32 Å². The Morgan fingerprint density at radius 3 is 1.06 bits per heavy atom. The summed E-state index contributed by atoms with van der Waals surface area (Å²) in [6, 6.07) is 0. The molecule has 0 bridgehead atoms. The summed E-state index contributed by atoms with van der Waals surface area (Å²) >= 11 is 0. The van der Waals surface area contributed by atoms with E-state index >= 15 is 0 Å². The van der Waals surface area contributed by atoms with Crippen molar-refractivity contribution < 1.29 is 147 Å². The molecule has 0 rings (SSSR count). The van der Waals surface area contributed by atoms with Gasteiger partial charge in [-0.15, -0.1) is 0 Å². The molecule has 9 nitrogen and oxygen atoms in total. The molecule has 0 spiro atoms. The molecular formula is C17H39N3Na4O6P2. The van der Waals surface area contributed by atoms with Crippen molar-refractivity contribution >= 4 is 15.2 Å². The van der Waals surface area contributed by atoms with Crippen LogP contribution in [0.15, 0.2) is 0 Å². The predicted octanol–water partition coefficient (Wildman–Crippen LogP) is -12.4. The smallest absolute Gasteiger partial charge is 0.811 e. The summed E-state index contributed by atoms with van der Waals surface area (Å²) in [5, 5.41) is 3.48. The van der Waals surface area contributed by atoms with Crippen molar-refractivity contribution in [3.05, 3.63) is 0 Å². The monoisotopic (exact) mass is 535 g/mol. The van der Waals surface area contributed by atoms with Crippen LogP contribution in [0.25, 0.3) is 0 Å². The molecular weight excluding hydrogens is 496 g/mol. The quantitative estimate of drug-likeness (QED) is 0.0869. The van der Waals surface area contributed by atoms with Crippen LogP contribution in [0.3, 0.4) is 0 Å². The van der Waals surface area contributed by atoms with Gasteiger partial charge in [-0.1, -0.05) is 47.3 Å². The molecule has 15 heteroatoms. The number of nitrogens with one attached hydrogen (secondary N) is 1. The largest absolute Gasteiger partial charge is 1.00 e. The topological polar surface area (TPSA) is 190 Å². The Morgan fingerprint density at radius 1 is 0.500 bits per heavy atom. The molecule has 0 aliphatic carbocycles. The average molecular weight is 535 g/mol. The summed E-state index contributed by atoms with van der Waals surface area (Å²) < 4.78 is 20.2. The van der Waals surface area contributed by atoms with Crippen molar-refractivity contribution in [3.63, 3.8) is 0 Å². The molecule has 0 radical (unpaired) electrons. The zero-order chi connectivity index (χ0) is 21.7. The van der Waals surface area contributed by atoms with E-state index in [0.29, 0.717) is 0 Å². The molecule has 0 aliphatic heterocycles. The van der Waals surface area contributed by atoms with Gasteiger partial charge in [0.05, 0.1) is 0 Å².